The summed E-state index contributed by atoms with van der Waals surface area (Å²) < 4.78 is 26.2. The van der Waals surface area contributed by atoms with E-state index in [1.165, 1.54) is 23.1 Å². The summed E-state index contributed by atoms with van der Waals surface area (Å²) in [7, 11) is -3.84. The van der Waals surface area contributed by atoms with E-state index in [-0.39, 0.29) is 34.2 Å². The summed E-state index contributed by atoms with van der Waals surface area (Å²) in [5.74, 6) is -0.803. The molecule has 0 aromatic heterocycles. The van der Waals surface area contributed by atoms with Crippen LogP contribution in [0.3, 0.4) is 0 Å². The molecule has 2 rings (SSSR count). The van der Waals surface area contributed by atoms with E-state index in [0.29, 0.717) is 6.42 Å². The van der Waals surface area contributed by atoms with Gasteiger partial charge in [0.25, 0.3) is 0 Å². The Bertz CT molecular complexity index is 1140. The van der Waals surface area contributed by atoms with Crippen molar-refractivity contribution in [3.63, 3.8) is 0 Å². The summed E-state index contributed by atoms with van der Waals surface area (Å²) in [5.41, 5.74) is 2.06. The van der Waals surface area contributed by atoms with Crippen molar-refractivity contribution in [1.29, 1.82) is 0 Å². The lowest BCUT2D eigenvalue weighted by Gasteiger charge is -2.33. The Kier molecular flexibility index (Phi) is 9.79. The van der Waals surface area contributed by atoms with Crippen molar-refractivity contribution in [2.24, 2.45) is 0 Å². The van der Waals surface area contributed by atoms with Crippen LogP contribution in [0.2, 0.25) is 10.0 Å². The summed E-state index contributed by atoms with van der Waals surface area (Å²) in [6, 6.07) is 11.1. The molecule has 2 aromatic carbocycles. The molecule has 7 nitrogen and oxygen atoms in total. The van der Waals surface area contributed by atoms with Crippen LogP contribution in [0.1, 0.15) is 38.3 Å². The highest BCUT2D eigenvalue weighted by Crippen LogP contribution is 2.28. The smallest absolute Gasteiger partial charge is 0.244 e. The fourth-order valence-electron chi connectivity index (χ4n) is 3.56. The van der Waals surface area contributed by atoms with Gasteiger partial charge in [-0.3, -0.25) is 13.9 Å². The molecule has 0 fully saturated rings. The van der Waals surface area contributed by atoms with Crippen LogP contribution in [0.4, 0.5) is 5.69 Å². The standard InChI is InChI=1S/C24H31Cl2N3O4S/c1-6-22(24(31)27-16(2)3)28(14-18-9-7-8-17(4)12-18)23(30)15-29(34(5,32)33)19-10-11-20(25)21(26)13-19/h7-13,16,22H,6,14-15H2,1-5H3,(H,27,31)/t22-/m0/s1. The molecule has 34 heavy (non-hydrogen) atoms. The van der Waals surface area contributed by atoms with Gasteiger partial charge in [-0.25, -0.2) is 8.42 Å². The molecule has 0 radical (unpaired) electrons. The summed E-state index contributed by atoms with van der Waals surface area (Å²) in [6.07, 6.45) is 1.37. The number of aryl methyl sites for hydroxylation is 1. The van der Waals surface area contributed by atoms with E-state index in [1.807, 2.05) is 52.0 Å². The lowest BCUT2D eigenvalue weighted by atomic mass is 10.1. The number of carbonyl (C=O) groups excluding carboxylic acids is 2. The van der Waals surface area contributed by atoms with Gasteiger partial charge in [0.15, 0.2) is 0 Å². The van der Waals surface area contributed by atoms with E-state index < -0.39 is 28.5 Å². The molecule has 0 saturated carbocycles. The Morgan fingerprint density at radius 2 is 1.74 bits per heavy atom. The van der Waals surface area contributed by atoms with Gasteiger partial charge >= 0.3 is 0 Å². The molecule has 10 heteroatoms. The van der Waals surface area contributed by atoms with E-state index in [9.17, 15) is 18.0 Å². The maximum Gasteiger partial charge on any atom is 0.244 e. The van der Waals surface area contributed by atoms with Gasteiger partial charge in [-0.1, -0.05) is 60.0 Å². The van der Waals surface area contributed by atoms with E-state index in [2.05, 4.69) is 5.32 Å². The predicted molar refractivity (Wildman–Crippen MR) is 138 cm³/mol. The Balaban J connectivity index is 2.46. The monoisotopic (exact) mass is 527 g/mol. The van der Waals surface area contributed by atoms with Crippen LogP contribution in [0.15, 0.2) is 42.5 Å². The van der Waals surface area contributed by atoms with Crippen LogP contribution < -0.4 is 9.62 Å². The summed E-state index contributed by atoms with van der Waals surface area (Å²) in [4.78, 5) is 28.0. The molecule has 0 unspecified atom stereocenters. The highest BCUT2D eigenvalue weighted by Gasteiger charge is 2.32. The third kappa shape index (κ3) is 7.61. The molecule has 1 atom stereocenters. The average molecular weight is 529 g/mol. The van der Waals surface area contributed by atoms with Crippen molar-refractivity contribution >= 4 is 50.7 Å². The van der Waals surface area contributed by atoms with Gasteiger partial charge in [0.05, 0.1) is 22.0 Å². The molecule has 0 saturated heterocycles. The van der Waals surface area contributed by atoms with Gasteiger partial charge in [-0.2, -0.15) is 0 Å². The molecule has 0 aliphatic rings. The fraction of sp³-hybridized carbons (Fsp3) is 0.417. The van der Waals surface area contributed by atoms with E-state index >= 15 is 0 Å². The summed E-state index contributed by atoms with van der Waals surface area (Å²) in [5, 5.41) is 3.29. The number of sulfonamides is 1. The predicted octanol–water partition coefficient (Wildman–Crippen LogP) is 4.40. The van der Waals surface area contributed by atoms with Crippen molar-refractivity contribution in [3.8, 4) is 0 Å². The largest absolute Gasteiger partial charge is 0.352 e. The van der Waals surface area contributed by atoms with Crippen LogP contribution in [-0.2, 0) is 26.2 Å². The SMILES string of the molecule is CC[C@@H](C(=O)NC(C)C)N(Cc1cccc(C)c1)C(=O)CN(c1ccc(Cl)c(Cl)c1)S(C)(=O)=O. The maximum absolute atomic E-state index is 13.6. The van der Waals surface area contributed by atoms with Crippen LogP contribution in [0.25, 0.3) is 0 Å². The topological polar surface area (TPSA) is 86.8 Å². The number of halogens is 2. The first-order valence-corrected chi connectivity index (χ1v) is 13.5. The van der Waals surface area contributed by atoms with E-state index in [1.54, 1.807) is 0 Å². The molecule has 186 valence electrons. The normalized spacial score (nSPS) is 12.4. The maximum atomic E-state index is 13.6. The minimum absolute atomic E-state index is 0.110. The zero-order valence-corrected chi connectivity index (χ0v) is 22.3. The molecular formula is C24H31Cl2N3O4S. The highest BCUT2D eigenvalue weighted by atomic mass is 35.5. The van der Waals surface area contributed by atoms with Crippen LogP contribution >= 0.6 is 23.2 Å². The molecule has 0 spiro atoms. The molecular weight excluding hydrogens is 497 g/mol. The van der Waals surface area contributed by atoms with Gasteiger partial charge in [-0.05, 0) is 51.0 Å². The molecule has 0 bridgehead atoms. The molecule has 0 aliphatic carbocycles. The van der Waals surface area contributed by atoms with Gasteiger partial charge in [-0.15, -0.1) is 0 Å². The number of anilines is 1. The first-order valence-electron chi connectivity index (χ1n) is 10.9. The summed E-state index contributed by atoms with van der Waals surface area (Å²) >= 11 is 12.1. The number of nitrogens with one attached hydrogen (secondary N) is 1. The second kappa shape index (κ2) is 11.9. The number of hydrogen-bond donors (Lipinski definition) is 1. The van der Waals surface area contributed by atoms with E-state index in [0.717, 1.165) is 21.7 Å². The molecule has 2 amide bonds. The number of amides is 2. The third-order valence-electron chi connectivity index (χ3n) is 5.12. The minimum Gasteiger partial charge on any atom is -0.352 e. The zero-order valence-electron chi connectivity index (χ0n) is 20.0. The lowest BCUT2D eigenvalue weighted by molar-refractivity contribution is -0.140. The third-order valence-corrected chi connectivity index (χ3v) is 7.00. The van der Waals surface area contributed by atoms with Gasteiger partial charge in [0, 0.05) is 12.6 Å². The van der Waals surface area contributed by atoms with Crippen molar-refractivity contribution < 1.29 is 18.0 Å². The number of benzene rings is 2. The molecule has 0 heterocycles. The van der Waals surface area contributed by atoms with Crippen LogP contribution in [-0.4, -0.2) is 50.0 Å². The Morgan fingerprint density at radius 1 is 1.06 bits per heavy atom. The summed E-state index contributed by atoms with van der Waals surface area (Å²) in [6.45, 7) is 7.10. The highest BCUT2D eigenvalue weighted by molar-refractivity contribution is 7.92. The lowest BCUT2D eigenvalue weighted by Crippen LogP contribution is -2.53. The Morgan fingerprint density at radius 3 is 2.26 bits per heavy atom. The van der Waals surface area contributed by atoms with Crippen molar-refractivity contribution in [1.82, 2.24) is 10.2 Å². The van der Waals surface area contributed by atoms with Crippen molar-refractivity contribution in [3.05, 3.63) is 63.6 Å². The van der Waals surface area contributed by atoms with Crippen LogP contribution in [0.5, 0.6) is 0 Å². The first kappa shape index (κ1) is 28.0. The number of hydrogen-bond acceptors (Lipinski definition) is 4. The number of carbonyl (C=O) groups is 2. The fourth-order valence-corrected chi connectivity index (χ4v) is 4.70. The average Bonchev–Trinajstić information content (AvgIpc) is 2.72. The van der Waals surface area contributed by atoms with Gasteiger partial charge < -0.3 is 10.2 Å². The molecule has 0 aliphatic heterocycles. The van der Waals surface area contributed by atoms with Crippen LogP contribution in [0, 0.1) is 6.92 Å². The number of nitrogens with zero attached hydrogens (tertiary/aromatic N) is 2. The minimum atomic E-state index is -3.84. The molecule has 1 N–H and O–H groups in total. The first-order chi connectivity index (χ1) is 15.8. The van der Waals surface area contributed by atoms with Crippen molar-refractivity contribution in [2.45, 2.75) is 52.7 Å². The zero-order chi connectivity index (χ0) is 25.6. The quantitative estimate of drug-likeness (QED) is 0.495. The number of rotatable bonds is 10. The Hall–Kier alpha value is -2.29. The second-order valence-electron chi connectivity index (χ2n) is 8.47. The Labute approximate surface area is 212 Å². The second-order valence-corrected chi connectivity index (χ2v) is 11.2. The van der Waals surface area contributed by atoms with Gasteiger partial charge in [0.1, 0.15) is 12.6 Å². The van der Waals surface area contributed by atoms with Gasteiger partial charge in [0.2, 0.25) is 21.8 Å². The molecule has 2 aromatic rings. The van der Waals surface area contributed by atoms with Crippen molar-refractivity contribution in [2.75, 3.05) is 17.1 Å². The van der Waals surface area contributed by atoms with E-state index in [4.69, 9.17) is 23.2 Å².